The third-order valence-corrected chi connectivity index (χ3v) is 2.68. The van der Waals surface area contributed by atoms with E-state index in [0.29, 0.717) is 6.42 Å². The molecule has 0 saturated heterocycles. The van der Waals surface area contributed by atoms with E-state index in [1.165, 1.54) is 10.9 Å². The van der Waals surface area contributed by atoms with Gasteiger partial charge in [-0.1, -0.05) is 6.58 Å². The monoisotopic (exact) mass is 220 g/mol. The summed E-state index contributed by atoms with van der Waals surface area (Å²) < 4.78 is 22.8. The predicted octanol–water partition coefficient (Wildman–Crippen LogP) is 1.09. The average Bonchev–Trinajstić information content (AvgIpc) is 2.46. The third kappa shape index (κ3) is 3.20. The lowest BCUT2D eigenvalue weighted by Crippen LogP contribution is -2.04. The van der Waals surface area contributed by atoms with Crippen molar-refractivity contribution >= 4 is 25.9 Å². The van der Waals surface area contributed by atoms with E-state index in [1.54, 1.807) is 12.3 Å². The molecule has 6 heteroatoms. The third-order valence-electron chi connectivity index (χ3n) is 1.53. The Kier molecular flexibility index (Phi) is 3.11. The first-order valence-corrected chi connectivity index (χ1v) is 6.08. The summed E-state index contributed by atoms with van der Waals surface area (Å²) in [7, 11) is 1.63. The van der Waals surface area contributed by atoms with E-state index >= 15 is 0 Å². The number of nitrogens with zero attached hydrogens (tertiary/aromatic N) is 2. The lowest BCUT2D eigenvalue weighted by Gasteiger charge is -1.99. The summed E-state index contributed by atoms with van der Waals surface area (Å²) in [6.07, 6.45) is 3.44. The Morgan fingerprint density at radius 1 is 1.69 bits per heavy atom. The maximum Gasteiger partial charge on any atom is 0.232 e. The highest BCUT2D eigenvalue weighted by atomic mass is 35.7. The first-order valence-electron chi connectivity index (χ1n) is 3.60. The van der Waals surface area contributed by atoms with Crippen LogP contribution >= 0.6 is 10.7 Å². The fraction of sp³-hybridized carbons (Fsp3) is 0.286. The van der Waals surface area contributed by atoms with E-state index in [2.05, 4.69) is 11.7 Å². The van der Waals surface area contributed by atoms with E-state index < -0.39 is 9.05 Å². The van der Waals surface area contributed by atoms with Gasteiger partial charge in [0.15, 0.2) is 0 Å². The first-order chi connectivity index (χ1) is 6.03. The molecule has 13 heavy (non-hydrogen) atoms. The zero-order valence-corrected chi connectivity index (χ0v) is 8.42. The second kappa shape index (κ2) is 3.93. The lowest BCUT2D eigenvalue weighted by atomic mass is 10.3. The van der Waals surface area contributed by atoms with Crippen LogP contribution in [0, 0.1) is 0 Å². The van der Waals surface area contributed by atoms with Gasteiger partial charge in [0.25, 0.3) is 0 Å². The zero-order valence-electron chi connectivity index (χ0n) is 6.85. The van der Waals surface area contributed by atoms with Crippen molar-refractivity contribution in [2.24, 2.45) is 0 Å². The molecule has 0 atom stereocenters. The van der Waals surface area contributed by atoms with Gasteiger partial charge in [-0.05, 0) is 6.07 Å². The zero-order chi connectivity index (χ0) is 9.90. The molecule has 0 amide bonds. The molecule has 0 spiro atoms. The predicted molar refractivity (Wildman–Crippen MR) is 52.0 cm³/mol. The second-order valence-electron chi connectivity index (χ2n) is 2.44. The van der Waals surface area contributed by atoms with Crippen molar-refractivity contribution in [3.05, 3.63) is 24.5 Å². The Morgan fingerprint density at radius 2 is 2.38 bits per heavy atom. The molecule has 0 bridgehead atoms. The quantitative estimate of drug-likeness (QED) is 0.714. The van der Waals surface area contributed by atoms with Gasteiger partial charge in [-0.2, -0.15) is 5.10 Å². The number of aryl methyl sites for hydroxylation is 1. The largest absolute Gasteiger partial charge is 0.246 e. The smallest absolute Gasteiger partial charge is 0.232 e. The highest BCUT2D eigenvalue weighted by Gasteiger charge is 2.07. The van der Waals surface area contributed by atoms with Crippen LogP contribution in [0.3, 0.4) is 0 Å². The van der Waals surface area contributed by atoms with Crippen LogP contribution in [0.4, 0.5) is 0 Å². The number of aromatic nitrogens is 2. The Bertz CT molecular complexity index is 396. The molecule has 0 aromatic carbocycles. The van der Waals surface area contributed by atoms with Gasteiger partial charge in [0, 0.05) is 35.2 Å². The number of hydrogen-bond acceptors (Lipinski definition) is 3. The Labute approximate surface area is 81.2 Å². The highest BCUT2D eigenvalue weighted by molar-refractivity contribution is 8.13. The van der Waals surface area contributed by atoms with E-state index in [9.17, 15) is 8.42 Å². The van der Waals surface area contributed by atoms with Crippen LogP contribution < -0.4 is 0 Å². The number of halogens is 1. The Hall–Kier alpha value is -0.810. The molecular formula is C7H9ClN2O2S. The van der Waals surface area contributed by atoms with E-state index in [-0.39, 0.29) is 5.75 Å². The summed E-state index contributed by atoms with van der Waals surface area (Å²) in [5.41, 5.74) is 0.777. The average molecular weight is 221 g/mol. The van der Waals surface area contributed by atoms with Gasteiger partial charge in [-0.15, -0.1) is 0 Å². The fourth-order valence-corrected chi connectivity index (χ4v) is 1.61. The van der Waals surface area contributed by atoms with Crippen LogP contribution in [0.5, 0.6) is 0 Å². The maximum absolute atomic E-state index is 10.6. The van der Waals surface area contributed by atoms with Crippen molar-refractivity contribution in [3.63, 3.8) is 0 Å². The molecule has 1 rings (SSSR count). The van der Waals surface area contributed by atoms with Crippen molar-refractivity contribution in [3.8, 4) is 0 Å². The van der Waals surface area contributed by atoms with Crippen LogP contribution in [-0.2, 0) is 15.5 Å². The second-order valence-corrected chi connectivity index (χ2v) is 5.34. The minimum absolute atomic E-state index is 0.0892. The van der Waals surface area contributed by atoms with E-state index in [1.807, 2.05) is 0 Å². The Balaban J connectivity index is 2.70. The number of hydrogen-bond donors (Lipinski definition) is 0. The molecule has 0 aliphatic rings. The van der Waals surface area contributed by atoms with Crippen molar-refractivity contribution in [1.29, 1.82) is 0 Å². The van der Waals surface area contributed by atoms with Crippen LogP contribution in [0.25, 0.3) is 6.20 Å². The summed E-state index contributed by atoms with van der Waals surface area (Å²) in [4.78, 5) is 0. The molecule has 0 saturated carbocycles. The molecule has 0 aliphatic heterocycles. The molecule has 0 fully saturated rings. The van der Waals surface area contributed by atoms with Gasteiger partial charge in [0.1, 0.15) is 0 Å². The van der Waals surface area contributed by atoms with Crippen molar-refractivity contribution in [1.82, 2.24) is 9.78 Å². The summed E-state index contributed by atoms with van der Waals surface area (Å²) in [5.74, 6) is -0.0892. The molecule has 0 radical (unpaired) electrons. The topological polar surface area (TPSA) is 52.0 Å². The van der Waals surface area contributed by atoms with Gasteiger partial charge in [0.2, 0.25) is 9.05 Å². The van der Waals surface area contributed by atoms with Crippen LogP contribution in [0.2, 0.25) is 0 Å². The highest BCUT2D eigenvalue weighted by Crippen LogP contribution is 2.04. The maximum atomic E-state index is 10.6. The van der Waals surface area contributed by atoms with Crippen molar-refractivity contribution in [2.75, 3.05) is 5.75 Å². The molecule has 1 aromatic rings. The standard InChI is InChI=1S/C7H9ClN2O2S/c1-2-10-7(3-5-9-10)4-6-13(8,11)12/h2-3,5H,1,4,6H2. The van der Waals surface area contributed by atoms with Gasteiger partial charge in [0.05, 0.1) is 5.75 Å². The molecule has 0 unspecified atom stereocenters. The first kappa shape index (κ1) is 10.3. The van der Waals surface area contributed by atoms with Crippen molar-refractivity contribution in [2.45, 2.75) is 6.42 Å². The van der Waals surface area contributed by atoms with Crippen LogP contribution in [0.15, 0.2) is 18.8 Å². The SMILES string of the molecule is C=Cn1nccc1CCS(=O)(=O)Cl. The van der Waals surface area contributed by atoms with Gasteiger partial charge < -0.3 is 0 Å². The minimum Gasteiger partial charge on any atom is -0.246 e. The molecule has 4 nitrogen and oxygen atoms in total. The van der Waals surface area contributed by atoms with Gasteiger partial charge in [-0.3, -0.25) is 0 Å². The molecule has 1 heterocycles. The van der Waals surface area contributed by atoms with E-state index in [4.69, 9.17) is 10.7 Å². The normalized spacial score (nSPS) is 11.5. The van der Waals surface area contributed by atoms with Crippen LogP contribution in [-0.4, -0.2) is 24.0 Å². The van der Waals surface area contributed by atoms with Crippen molar-refractivity contribution < 1.29 is 8.42 Å². The fourth-order valence-electron chi connectivity index (χ4n) is 0.930. The summed E-state index contributed by atoms with van der Waals surface area (Å²) >= 11 is 0. The van der Waals surface area contributed by atoms with Crippen LogP contribution in [0.1, 0.15) is 5.69 Å². The summed E-state index contributed by atoms with van der Waals surface area (Å²) in [6, 6.07) is 1.73. The molecule has 72 valence electrons. The number of rotatable bonds is 4. The minimum atomic E-state index is -3.43. The molecule has 0 N–H and O–H groups in total. The molecule has 0 aliphatic carbocycles. The molecule has 1 aromatic heterocycles. The Morgan fingerprint density at radius 3 is 2.92 bits per heavy atom. The summed E-state index contributed by atoms with van der Waals surface area (Å²) in [6.45, 7) is 3.53. The van der Waals surface area contributed by atoms with Gasteiger partial charge in [-0.25, -0.2) is 13.1 Å². The molecular weight excluding hydrogens is 212 g/mol. The van der Waals surface area contributed by atoms with Gasteiger partial charge >= 0.3 is 0 Å². The van der Waals surface area contributed by atoms with E-state index in [0.717, 1.165) is 5.69 Å². The summed E-state index contributed by atoms with van der Waals surface area (Å²) in [5, 5.41) is 3.90. The lowest BCUT2D eigenvalue weighted by molar-refractivity contribution is 0.608.